The number of nitrogens with zero attached hydrogens (tertiary/aromatic N) is 3. The Morgan fingerprint density at radius 1 is 0.865 bits per heavy atom. The lowest BCUT2D eigenvalue weighted by Gasteiger charge is -2.31. The summed E-state index contributed by atoms with van der Waals surface area (Å²) < 4.78 is 17.7. The summed E-state index contributed by atoms with van der Waals surface area (Å²) in [5.41, 5.74) is 3.05. The molecule has 1 aliphatic heterocycles. The molecule has 0 saturated carbocycles. The molecule has 0 radical (unpaired) electrons. The maximum atomic E-state index is 12.7. The molecule has 2 heterocycles. The van der Waals surface area contributed by atoms with Gasteiger partial charge in [0, 0.05) is 0 Å². The van der Waals surface area contributed by atoms with Gasteiger partial charge in [-0.2, -0.15) is 4.98 Å². The third-order valence-electron chi connectivity index (χ3n) is 6.48. The van der Waals surface area contributed by atoms with E-state index in [-0.39, 0.29) is 30.4 Å². The Morgan fingerprint density at radius 2 is 1.41 bits per heavy atom. The minimum Gasteiger partial charge on any atom is -0.497 e. The van der Waals surface area contributed by atoms with Crippen LogP contribution in [0.3, 0.4) is 0 Å². The molecule has 9 heteroatoms. The number of fused-ring (bicyclic) bond motifs is 1. The maximum absolute atomic E-state index is 12.7. The van der Waals surface area contributed by atoms with Gasteiger partial charge < -0.3 is 19.5 Å². The average Bonchev–Trinajstić information content (AvgIpc) is 3.35. The minimum absolute atomic E-state index is 0.00226. The minimum atomic E-state index is -0.194. The van der Waals surface area contributed by atoms with E-state index in [9.17, 15) is 4.79 Å². The van der Waals surface area contributed by atoms with Crippen molar-refractivity contribution in [3.8, 4) is 17.2 Å². The van der Waals surface area contributed by atoms with Gasteiger partial charge in [0.2, 0.25) is 11.9 Å². The van der Waals surface area contributed by atoms with E-state index in [4.69, 9.17) is 14.2 Å². The summed E-state index contributed by atoms with van der Waals surface area (Å²) in [5.74, 6) is 2.99. The van der Waals surface area contributed by atoms with Gasteiger partial charge in [0.15, 0.2) is 0 Å². The number of nitrogens with one attached hydrogen (secondary N) is 2. The van der Waals surface area contributed by atoms with Gasteiger partial charge in [0.25, 0.3) is 5.95 Å². The number of rotatable bonds is 8. The number of methoxy groups -OCH3 is 3. The number of anilines is 2. The number of carbonyl (C=O) groups is 1. The van der Waals surface area contributed by atoms with E-state index < -0.39 is 0 Å². The fraction of sp³-hybridized carbons (Fsp3) is 0.250. The first kappa shape index (κ1) is 24.2. The molecule has 0 fully saturated rings. The Bertz CT molecular complexity index is 1350. The zero-order valence-electron chi connectivity index (χ0n) is 21.0. The van der Waals surface area contributed by atoms with Crippen molar-refractivity contribution >= 4 is 17.8 Å². The van der Waals surface area contributed by atoms with E-state index >= 15 is 0 Å². The van der Waals surface area contributed by atoms with Crippen molar-refractivity contribution in [2.75, 3.05) is 32.0 Å². The van der Waals surface area contributed by atoms with Gasteiger partial charge in [-0.15, -0.1) is 5.10 Å². The molecule has 1 aromatic heterocycles. The smallest absolute Gasteiger partial charge is 0.250 e. The first-order valence-corrected chi connectivity index (χ1v) is 12.0. The number of hydrogen-bond donors (Lipinski definition) is 2. The Balaban J connectivity index is 1.40. The second-order valence-electron chi connectivity index (χ2n) is 8.77. The SMILES string of the molecule is COc1ccc(CC(=O)Nc2nc3n(n2)[C@H](c2ccc(OC)cc2)C[C@H](c2ccc(OC)cc2)N3)cc1. The fourth-order valence-corrected chi connectivity index (χ4v) is 4.49. The first-order valence-electron chi connectivity index (χ1n) is 12.0. The van der Waals surface area contributed by atoms with Crippen LogP contribution in [0.25, 0.3) is 0 Å². The molecule has 3 aromatic carbocycles. The van der Waals surface area contributed by atoms with E-state index in [2.05, 4.69) is 20.7 Å². The molecule has 4 aromatic rings. The van der Waals surface area contributed by atoms with Crippen molar-refractivity contribution < 1.29 is 19.0 Å². The van der Waals surface area contributed by atoms with Crippen LogP contribution in [0.2, 0.25) is 0 Å². The van der Waals surface area contributed by atoms with Crippen molar-refractivity contribution in [1.82, 2.24) is 14.8 Å². The second kappa shape index (κ2) is 10.6. The van der Waals surface area contributed by atoms with Crippen molar-refractivity contribution in [2.45, 2.75) is 24.9 Å². The van der Waals surface area contributed by atoms with E-state index in [0.29, 0.717) is 5.95 Å². The lowest BCUT2D eigenvalue weighted by atomic mass is 9.93. The highest BCUT2D eigenvalue weighted by Gasteiger charge is 2.31. The van der Waals surface area contributed by atoms with Crippen LogP contribution in [0.4, 0.5) is 11.9 Å². The molecule has 2 atom stereocenters. The highest BCUT2D eigenvalue weighted by atomic mass is 16.5. The molecule has 2 N–H and O–H groups in total. The van der Waals surface area contributed by atoms with Crippen LogP contribution < -0.4 is 24.8 Å². The van der Waals surface area contributed by atoms with Gasteiger partial charge in [-0.3, -0.25) is 10.1 Å². The Kier molecular flexibility index (Phi) is 6.93. The molecule has 0 aliphatic carbocycles. The summed E-state index contributed by atoms with van der Waals surface area (Å²) in [4.78, 5) is 17.4. The van der Waals surface area contributed by atoms with Crippen LogP contribution in [0, 0.1) is 0 Å². The Hall–Kier alpha value is -4.53. The van der Waals surface area contributed by atoms with E-state index in [0.717, 1.165) is 40.4 Å². The summed E-state index contributed by atoms with van der Waals surface area (Å²) in [6.45, 7) is 0. The van der Waals surface area contributed by atoms with Crippen LogP contribution in [0.5, 0.6) is 17.2 Å². The molecule has 1 amide bonds. The second-order valence-corrected chi connectivity index (χ2v) is 8.77. The molecule has 5 rings (SSSR count). The molecule has 190 valence electrons. The standard InChI is InChI=1S/C28H29N5O4/c1-35-21-10-4-18(5-11-21)16-26(34)30-27-31-28-29-24(19-6-12-22(36-2)13-7-19)17-25(33(28)32-27)20-8-14-23(37-3)15-9-20/h4-15,24-25H,16-17H2,1-3H3,(H2,29,30,31,32,34)/t24-,25+/m1/s1. The van der Waals surface area contributed by atoms with Crippen molar-refractivity contribution in [3.05, 3.63) is 89.5 Å². The first-order chi connectivity index (χ1) is 18.1. The number of aromatic nitrogens is 3. The average molecular weight is 500 g/mol. The van der Waals surface area contributed by atoms with Gasteiger partial charge in [-0.1, -0.05) is 36.4 Å². The zero-order chi connectivity index (χ0) is 25.8. The lowest BCUT2D eigenvalue weighted by Crippen LogP contribution is -2.28. The normalized spacial score (nSPS) is 16.3. The van der Waals surface area contributed by atoms with E-state index in [1.807, 2.05) is 77.5 Å². The summed E-state index contributed by atoms with van der Waals surface area (Å²) in [5, 5.41) is 11.0. The van der Waals surface area contributed by atoms with Gasteiger partial charge >= 0.3 is 0 Å². The summed E-state index contributed by atoms with van der Waals surface area (Å²) in [6.07, 6.45) is 0.950. The van der Waals surface area contributed by atoms with Crippen LogP contribution >= 0.6 is 0 Å². The largest absolute Gasteiger partial charge is 0.497 e. The quantitative estimate of drug-likeness (QED) is 0.365. The number of ether oxygens (including phenoxy) is 3. The molecule has 0 bridgehead atoms. The van der Waals surface area contributed by atoms with Crippen LogP contribution in [-0.4, -0.2) is 42.0 Å². The Labute approximate surface area is 215 Å². The molecule has 37 heavy (non-hydrogen) atoms. The van der Waals surface area contributed by atoms with Crippen LogP contribution in [0.15, 0.2) is 72.8 Å². The number of hydrogen-bond acceptors (Lipinski definition) is 7. The van der Waals surface area contributed by atoms with E-state index in [1.165, 1.54) is 0 Å². The topological polar surface area (TPSA) is 99.5 Å². The molecule has 0 unspecified atom stereocenters. The third kappa shape index (κ3) is 5.35. The monoisotopic (exact) mass is 499 g/mol. The lowest BCUT2D eigenvalue weighted by molar-refractivity contribution is -0.115. The van der Waals surface area contributed by atoms with Crippen molar-refractivity contribution in [3.63, 3.8) is 0 Å². The molecule has 1 aliphatic rings. The Morgan fingerprint density at radius 3 is 1.97 bits per heavy atom. The fourth-order valence-electron chi connectivity index (χ4n) is 4.49. The van der Waals surface area contributed by atoms with Gasteiger partial charge in [-0.05, 0) is 59.5 Å². The van der Waals surface area contributed by atoms with E-state index in [1.54, 1.807) is 21.3 Å². The van der Waals surface area contributed by atoms with Gasteiger partial charge in [0.05, 0.1) is 39.8 Å². The predicted octanol–water partition coefficient (Wildman–Crippen LogP) is 4.63. The number of benzene rings is 3. The highest BCUT2D eigenvalue weighted by molar-refractivity contribution is 5.90. The summed E-state index contributed by atoms with van der Waals surface area (Å²) in [7, 11) is 4.91. The van der Waals surface area contributed by atoms with Gasteiger partial charge in [0.1, 0.15) is 17.2 Å². The van der Waals surface area contributed by atoms with Crippen LogP contribution in [0.1, 0.15) is 35.2 Å². The molecular formula is C28H29N5O4. The molecule has 0 spiro atoms. The molecule has 9 nitrogen and oxygen atoms in total. The van der Waals surface area contributed by atoms with Crippen molar-refractivity contribution in [2.24, 2.45) is 0 Å². The molecular weight excluding hydrogens is 470 g/mol. The summed E-state index contributed by atoms with van der Waals surface area (Å²) >= 11 is 0. The predicted molar refractivity (Wildman–Crippen MR) is 140 cm³/mol. The zero-order valence-corrected chi connectivity index (χ0v) is 21.0. The third-order valence-corrected chi connectivity index (χ3v) is 6.48. The van der Waals surface area contributed by atoms with Gasteiger partial charge in [-0.25, -0.2) is 4.68 Å². The highest BCUT2D eigenvalue weighted by Crippen LogP contribution is 2.39. The number of carbonyl (C=O) groups excluding carboxylic acids is 1. The summed E-state index contributed by atoms with van der Waals surface area (Å²) in [6, 6.07) is 23.2. The molecule has 0 saturated heterocycles. The number of amides is 1. The van der Waals surface area contributed by atoms with Crippen molar-refractivity contribution in [1.29, 1.82) is 0 Å². The van der Waals surface area contributed by atoms with Crippen LogP contribution in [-0.2, 0) is 11.2 Å². The maximum Gasteiger partial charge on any atom is 0.250 e.